The Morgan fingerprint density at radius 3 is 2.23 bits per heavy atom. The van der Waals surface area contributed by atoms with Gasteiger partial charge >= 0.3 is 6.18 Å². The molecule has 0 aliphatic rings. The average Bonchev–Trinajstić information content (AvgIpc) is 2.96. The van der Waals surface area contributed by atoms with Crippen LogP contribution in [0.5, 0.6) is 0 Å². The number of carbonyl (C=O) groups is 2. The standard InChI is InChI=1S/C32H37ClF3N3O4S/c1-23(2)21-37-31(41)29(19-24-11-5-4-6-12-24)38(22-25-13-7-8-16-28(25)33)30(40)17-10-18-39(44(3,42)43)27-15-9-14-26(20-27)32(34,35)36/h4-9,11-16,20,23,29H,10,17-19,21-22H2,1-3H3,(H,37,41)/t29-/m1/s1. The molecule has 0 bridgehead atoms. The van der Waals surface area contributed by atoms with Crippen LogP contribution in [0.3, 0.4) is 0 Å². The summed E-state index contributed by atoms with van der Waals surface area (Å²) in [5.74, 6) is -0.602. The van der Waals surface area contributed by atoms with Crippen molar-refractivity contribution in [3.63, 3.8) is 0 Å². The van der Waals surface area contributed by atoms with Gasteiger partial charge in [0.05, 0.1) is 17.5 Å². The molecule has 0 radical (unpaired) electrons. The second-order valence-corrected chi connectivity index (χ2v) is 13.3. The Bertz CT molecular complexity index is 1520. The zero-order chi connectivity index (χ0) is 32.5. The van der Waals surface area contributed by atoms with Crippen LogP contribution in [0, 0.1) is 5.92 Å². The molecule has 0 fully saturated rings. The van der Waals surface area contributed by atoms with Crippen molar-refractivity contribution in [2.75, 3.05) is 23.7 Å². The predicted octanol–water partition coefficient (Wildman–Crippen LogP) is 6.32. The second kappa shape index (κ2) is 15.4. The molecule has 3 rings (SSSR count). The van der Waals surface area contributed by atoms with E-state index in [0.29, 0.717) is 17.1 Å². The summed E-state index contributed by atoms with van der Waals surface area (Å²) in [6.45, 7) is 4.09. The predicted molar refractivity (Wildman–Crippen MR) is 167 cm³/mol. The normalized spacial score (nSPS) is 12.5. The van der Waals surface area contributed by atoms with E-state index in [1.54, 1.807) is 24.3 Å². The number of hydrogen-bond acceptors (Lipinski definition) is 4. The van der Waals surface area contributed by atoms with Crippen LogP contribution in [0.2, 0.25) is 5.02 Å². The summed E-state index contributed by atoms with van der Waals surface area (Å²) in [5, 5.41) is 3.34. The van der Waals surface area contributed by atoms with E-state index < -0.39 is 33.7 Å². The summed E-state index contributed by atoms with van der Waals surface area (Å²) in [4.78, 5) is 28.9. The van der Waals surface area contributed by atoms with Gasteiger partial charge in [-0.2, -0.15) is 13.2 Å². The van der Waals surface area contributed by atoms with E-state index in [9.17, 15) is 31.2 Å². The highest BCUT2D eigenvalue weighted by molar-refractivity contribution is 7.92. The van der Waals surface area contributed by atoms with Gasteiger partial charge in [0.25, 0.3) is 0 Å². The minimum atomic E-state index is -4.65. The summed E-state index contributed by atoms with van der Waals surface area (Å²) < 4.78 is 66.0. The average molecular weight is 652 g/mol. The van der Waals surface area contributed by atoms with Gasteiger partial charge in [0.15, 0.2) is 0 Å². The Morgan fingerprint density at radius 1 is 0.955 bits per heavy atom. The number of halogens is 4. The van der Waals surface area contributed by atoms with Gasteiger partial charge in [0.2, 0.25) is 21.8 Å². The zero-order valence-corrected chi connectivity index (χ0v) is 26.4. The minimum Gasteiger partial charge on any atom is -0.354 e. The van der Waals surface area contributed by atoms with Crippen LogP contribution in [-0.2, 0) is 38.8 Å². The maximum Gasteiger partial charge on any atom is 0.416 e. The van der Waals surface area contributed by atoms with Crippen molar-refractivity contribution in [3.8, 4) is 0 Å². The number of alkyl halides is 3. The van der Waals surface area contributed by atoms with Crippen molar-refractivity contribution in [2.24, 2.45) is 5.92 Å². The molecule has 1 N–H and O–H groups in total. The number of amides is 2. The van der Waals surface area contributed by atoms with E-state index in [1.165, 1.54) is 11.0 Å². The van der Waals surface area contributed by atoms with Crippen molar-refractivity contribution in [1.82, 2.24) is 10.2 Å². The molecule has 0 spiro atoms. The summed E-state index contributed by atoms with van der Waals surface area (Å²) in [6.07, 6.45) is -3.71. The maximum absolute atomic E-state index is 13.9. The smallest absolute Gasteiger partial charge is 0.354 e. The monoisotopic (exact) mass is 651 g/mol. The highest BCUT2D eigenvalue weighted by Crippen LogP contribution is 2.32. The number of anilines is 1. The highest BCUT2D eigenvalue weighted by atomic mass is 35.5. The number of nitrogens with one attached hydrogen (secondary N) is 1. The summed E-state index contributed by atoms with van der Waals surface area (Å²) in [5.41, 5.74) is 0.320. The molecule has 0 aliphatic carbocycles. The Labute approximate surface area is 262 Å². The van der Waals surface area contributed by atoms with Crippen LogP contribution in [-0.4, -0.2) is 50.5 Å². The summed E-state index contributed by atoms with van der Waals surface area (Å²) in [7, 11) is -3.98. The van der Waals surface area contributed by atoms with Gasteiger partial charge in [-0.05, 0) is 47.7 Å². The van der Waals surface area contributed by atoms with E-state index in [-0.39, 0.29) is 49.9 Å². The summed E-state index contributed by atoms with van der Waals surface area (Å²) >= 11 is 6.44. The molecule has 3 aromatic carbocycles. The third kappa shape index (κ3) is 10.3. The molecule has 44 heavy (non-hydrogen) atoms. The fourth-order valence-electron chi connectivity index (χ4n) is 4.63. The van der Waals surface area contributed by atoms with E-state index >= 15 is 0 Å². The van der Waals surface area contributed by atoms with Crippen LogP contribution in [0.15, 0.2) is 78.9 Å². The van der Waals surface area contributed by atoms with Gasteiger partial charge < -0.3 is 10.2 Å². The van der Waals surface area contributed by atoms with Gasteiger partial charge in [-0.1, -0.05) is 80.0 Å². The number of benzene rings is 3. The topological polar surface area (TPSA) is 86.8 Å². The molecule has 0 saturated carbocycles. The first-order valence-corrected chi connectivity index (χ1v) is 16.4. The first-order valence-electron chi connectivity index (χ1n) is 14.2. The third-order valence-corrected chi connectivity index (χ3v) is 8.43. The van der Waals surface area contributed by atoms with Crippen molar-refractivity contribution in [2.45, 2.75) is 51.9 Å². The molecular weight excluding hydrogens is 615 g/mol. The minimum absolute atomic E-state index is 0.00710. The Hall–Kier alpha value is -3.57. The first-order chi connectivity index (χ1) is 20.7. The SMILES string of the molecule is CC(C)CNC(=O)[C@@H](Cc1ccccc1)N(Cc1ccccc1Cl)C(=O)CCCN(c1cccc(C(F)(F)F)c1)S(C)(=O)=O. The Kier molecular flexibility index (Phi) is 12.2. The first kappa shape index (κ1) is 34.9. The van der Waals surface area contributed by atoms with Gasteiger partial charge in [-0.25, -0.2) is 8.42 Å². The Balaban J connectivity index is 1.90. The van der Waals surface area contributed by atoms with E-state index in [2.05, 4.69) is 5.32 Å². The number of hydrogen-bond donors (Lipinski definition) is 1. The quantitative estimate of drug-likeness (QED) is 0.221. The second-order valence-electron chi connectivity index (χ2n) is 10.9. The molecule has 238 valence electrons. The zero-order valence-electron chi connectivity index (χ0n) is 24.9. The van der Waals surface area contributed by atoms with Crippen LogP contribution in [0.25, 0.3) is 0 Å². The maximum atomic E-state index is 13.9. The van der Waals surface area contributed by atoms with Gasteiger partial charge in [0, 0.05) is 37.5 Å². The molecule has 1 atom stereocenters. The Morgan fingerprint density at radius 2 is 1.61 bits per heavy atom. The van der Waals surface area contributed by atoms with Crippen molar-refractivity contribution in [3.05, 3.63) is 101 Å². The molecule has 7 nitrogen and oxygen atoms in total. The highest BCUT2D eigenvalue weighted by Gasteiger charge is 2.33. The lowest BCUT2D eigenvalue weighted by Gasteiger charge is -2.32. The number of carbonyl (C=O) groups excluding carboxylic acids is 2. The van der Waals surface area contributed by atoms with Crippen molar-refractivity contribution < 1.29 is 31.2 Å². The number of rotatable bonds is 14. The molecule has 0 heterocycles. The van der Waals surface area contributed by atoms with Gasteiger partial charge in [-0.3, -0.25) is 13.9 Å². The van der Waals surface area contributed by atoms with E-state index in [1.807, 2.05) is 44.2 Å². The molecule has 0 aromatic heterocycles. The molecule has 3 aromatic rings. The lowest BCUT2D eigenvalue weighted by atomic mass is 10.0. The fraction of sp³-hybridized carbons (Fsp3) is 0.375. The van der Waals surface area contributed by atoms with Gasteiger partial charge in [-0.15, -0.1) is 0 Å². The van der Waals surface area contributed by atoms with Crippen molar-refractivity contribution >= 4 is 39.1 Å². The van der Waals surface area contributed by atoms with Crippen LogP contribution >= 0.6 is 11.6 Å². The largest absolute Gasteiger partial charge is 0.416 e. The van der Waals surface area contributed by atoms with E-state index in [0.717, 1.165) is 34.3 Å². The van der Waals surface area contributed by atoms with Crippen LogP contribution in [0.4, 0.5) is 18.9 Å². The van der Waals surface area contributed by atoms with Crippen LogP contribution in [0.1, 0.15) is 43.4 Å². The lowest BCUT2D eigenvalue weighted by molar-refractivity contribution is -0.141. The molecular formula is C32H37ClF3N3O4S. The number of nitrogens with zero attached hydrogens (tertiary/aromatic N) is 2. The van der Waals surface area contributed by atoms with E-state index in [4.69, 9.17) is 11.6 Å². The third-order valence-electron chi connectivity index (χ3n) is 6.87. The van der Waals surface area contributed by atoms with Crippen LogP contribution < -0.4 is 9.62 Å². The molecule has 0 saturated heterocycles. The molecule has 12 heteroatoms. The van der Waals surface area contributed by atoms with Crippen molar-refractivity contribution in [1.29, 1.82) is 0 Å². The summed E-state index contributed by atoms with van der Waals surface area (Å²) in [6, 6.07) is 19.3. The lowest BCUT2D eigenvalue weighted by Crippen LogP contribution is -2.51. The molecule has 0 unspecified atom stereocenters. The number of sulfonamides is 1. The molecule has 0 aliphatic heterocycles. The molecule has 2 amide bonds. The van der Waals surface area contributed by atoms with Gasteiger partial charge in [0.1, 0.15) is 6.04 Å². The fourth-order valence-corrected chi connectivity index (χ4v) is 5.78.